The number of aromatic hydroxyl groups is 1. The third-order valence-corrected chi connectivity index (χ3v) is 2.12. The van der Waals surface area contributed by atoms with Crippen LogP contribution in [0.1, 0.15) is 0 Å². The van der Waals surface area contributed by atoms with Crippen molar-refractivity contribution < 1.29 is 5.11 Å². The van der Waals surface area contributed by atoms with Crippen molar-refractivity contribution in [3.05, 3.63) is 24.4 Å². The summed E-state index contributed by atoms with van der Waals surface area (Å²) in [6.45, 7) is 0. The fourth-order valence-corrected chi connectivity index (χ4v) is 1.49. The minimum Gasteiger partial charge on any atom is -0.508 e. The lowest BCUT2D eigenvalue weighted by molar-refractivity contribution is 0.476. The maximum atomic E-state index is 9.03. The Hall–Kier alpha value is -1.09. The molecule has 0 saturated heterocycles. The van der Waals surface area contributed by atoms with Gasteiger partial charge in [-0.1, -0.05) is 0 Å². The molecular formula is C7H5NOS. The number of rotatable bonds is 0. The van der Waals surface area contributed by atoms with Crippen molar-refractivity contribution in [2.24, 2.45) is 0 Å². The predicted molar refractivity (Wildman–Crippen MR) is 41.3 cm³/mol. The third-order valence-electron chi connectivity index (χ3n) is 1.34. The average molecular weight is 151 g/mol. The highest BCUT2D eigenvalue weighted by Crippen LogP contribution is 2.21. The standard InChI is InChI=1S/C7H5NOS/c9-6-1-2-7-5(3-6)4-8-10-7/h1-4,9H. The second-order valence-corrected chi connectivity index (χ2v) is 2.88. The van der Waals surface area contributed by atoms with E-state index in [0.717, 1.165) is 10.1 Å². The van der Waals surface area contributed by atoms with Gasteiger partial charge in [-0.15, -0.1) is 0 Å². The first-order valence-corrected chi connectivity index (χ1v) is 3.67. The van der Waals surface area contributed by atoms with E-state index in [1.807, 2.05) is 6.07 Å². The van der Waals surface area contributed by atoms with Gasteiger partial charge in [-0.3, -0.25) is 0 Å². The van der Waals surface area contributed by atoms with Gasteiger partial charge >= 0.3 is 0 Å². The molecule has 2 rings (SSSR count). The summed E-state index contributed by atoms with van der Waals surface area (Å²) in [5, 5.41) is 10.0. The zero-order valence-corrected chi connectivity index (χ0v) is 5.93. The topological polar surface area (TPSA) is 33.1 Å². The van der Waals surface area contributed by atoms with Gasteiger partial charge in [-0.2, -0.15) is 4.37 Å². The molecule has 3 heteroatoms. The molecule has 1 aromatic carbocycles. The molecule has 0 spiro atoms. The van der Waals surface area contributed by atoms with Crippen molar-refractivity contribution in [2.75, 3.05) is 0 Å². The number of hydrogen-bond acceptors (Lipinski definition) is 3. The number of aromatic nitrogens is 1. The Labute approximate surface area is 61.9 Å². The summed E-state index contributed by atoms with van der Waals surface area (Å²) in [4.78, 5) is 0. The van der Waals surface area contributed by atoms with Gasteiger partial charge in [-0.25, -0.2) is 0 Å². The van der Waals surface area contributed by atoms with Gasteiger partial charge < -0.3 is 5.11 Å². The van der Waals surface area contributed by atoms with E-state index in [9.17, 15) is 0 Å². The first kappa shape index (κ1) is 5.68. The Morgan fingerprint density at radius 2 is 2.30 bits per heavy atom. The van der Waals surface area contributed by atoms with E-state index in [4.69, 9.17) is 5.11 Å². The molecule has 0 fully saturated rings. The highest BCUT2D eigenvalue weighted by atomic mass is 32.1. The fourth-order valence-electron chi connectivity index (χ4n) is 0.860. The van der Waals surface area contributed by atoms with Gasteiger partial charge in [0.1, 0.15) is 5.75 Å². The third kappa shape index (κ3) is 0.752. The van der Waals surface area contributed by atoms with E-state index in [2.05, 4.69) is 4.37 Å². The van der Waals surface area contributed by atoms with Crippen molar-refractivity contribution in [2.45, 2.75) is 0 Å². The Kier molecular flexibility index (Phi) is 1.11. The molecule has 0 saturated carbocycles. The lowest BCUT2D eigenvalue weighted by atomic mass is 10.3. The quantitative estimate of drug-likeness (QED) is 0.624. The van der Waals surface area contributed by atoms with Crippen LogP contribution in [0, 0.1) is 0 Å². The molecule has 1 N–H and O–H groups in total. The second kappa shape index (κ2) is 1.95. The van der Waals surface area contributed by atoms with Gasteiger partial charge in [0.2, 0.25) is 0 Å². The Bertz CT molecular complexity index is 355. The smallest absolute Gasteiger partial charge is 0.116 e. The summed E-state index contributed by atoms with van der Waals surface area (Å²) < 4.78 is 5.08. The van der Waals surface area contributed by atoms with Crippen LogP contribution in [0.5, 0.6) is 5.75 Å². The van der Waals surface area contributed by atoms with Crippen LogP contribution in [-0.2, 0) is 0 Å². The van der Waals surface area contributed by atoms with Crippen LogP contribution in [-0.4, -0.2) is 9.48 Å². The summed E-state index contributed by atoms with van der Waals surface area (Å²) in [7, 11) is 0. The molecule has 0 bridgehead atoms. The lowest BCUT2D eigenvalue weighted by Gasteiger charge is -1.88. The first-order valence-electron chi connectivity index (χ1n) is 2.90. The zero-order chi connectivity index (χ0) is 6.97. The predicted octanol–water partition coefficient (Wildman–Crippen LogP) is 2.00. The Morgan fingerprint density at radius 1 is 1.40 bits per heavy atom. The molecule has 0 aliphatic carbocycles. The van der Waals surface area contributed by atoms with Crippen LogP contribution < -0.4 is 0 Å². The van der Waals surface area contributed by atoms with Crippen molar-refractivity contribution in [3.8, 4) is 5.75 Å². The molecular weight excluding hydrogens is 146 g/mol. The molecule has 50 valence electrons. The molecule has 1 aromatic heterocycles. The molecule has 0 amide bonds. The molecule has 2 aromatic rings. The van der Waals surface area contributed by atoms with Crippen molar-refractivity contribution in [1.29, 1.82) is 0 Å². The first-order chi connectivity index (χ1) is 4.86. The Balaban J connectivity index is 2.86. The maximum Gasteiger partial charge on any atom is 0.116 e. The second-order valence-electron chi connectivity index (χ2n) is 2.05. The zero-order valence-electron chi connectivity index (χ0n) is 5.11. The highest BCUT2D eigenvalue weighted by molar-refractivity contribution is 7.13. The van der Waals surface area contributed by atoms with Crippen LogP contribution in [0.4, 0.5) is 0 Å². The van der Waals surface area contributed by atoms with E-state index in [1.165, 1.54) is 11.5 Å². The van der Waals surface area contributed by atoms with E-state index < -0.39 is 0 Å². The van der Waals surface area contributed by atoms with E-state index in [-0.39, 0.29) is 0 Å². The van der Waals surface area contributed by atoms with Gasteiger partial charge in [0.15, 0.2) is 0 Å². The van der Waals surface area contributed by atoms with Gasteiger partial charge in [0.25, 0.3) is 0 Å². The van der Waals surface area contributed by atoms with E-state index in [0.29, 0.717) is 5.75 Å². The summed E-state index contributed by atoms with van der Waals surface area (Å²) in [5.41, 5.74) is 0. The number of nitrogens with zero attached hydrogens (tertiary/aromatic N) is 1. The normalized spacial score (nSPS) is 10.4. The van der Waals surface area contributed by atoms with Crippen molar-refractivity contribution in [3.63, 3.8) is 0 Å². The van der Waals surface area contributed by atoms with Gasteiger partial charge in [0, 0.05) is 11.6 Å². The molecule has 0 unspecified atom stereocenters. The summed E-state index contributed by atoms with van der Waals surface area (Å²) >= 11 is 1.43. The SMILES string of the molecule is Oc1ccc2sncc2c1. The minimum atomic E-state index is 0.299. The molecule has 0 aliphatic heterocycles. The van der Waals surface area contributed by atoms with E-state index >= 15 is 0 Å². The number of benzene rings is 1. The lowest BCUT2D eigenvalue weighted by Crippen LogP contribution is -1.62. The molecule has 2 nitrogen and oxygen atoms in total. The number of fused-ring (bicyclic) bond motifs is 1. The highest BCUT2D eigenvalue weighted by Gasteiger charge is 1.94. The molecule has 0 atom stereocenters. The monoisotopic (exact) mass is 151 g/mol. The van der Waals surface area contributed by atoms with Crippen LogP contribution in [0.3, 0.4) is 0 Å². The average Bonchev–Trinajstić information content (AvgIpc) is 2.33. The summed E-state index contributed by atoms with van der Waals surface area (Å²) in [5.74, 6) is 0.299. The summed E-state index contributed by atoms with van der Waals surface area (Å²) in [6, 6.07) is 5.24. The van der Waals surface area contributed by atoms with E-state index in [1.54, 1.807) is 18.3 Å². The summed E-state index contributed by atoms with van der Waals surface area (Å²) in [6.07, 6.45) is 1.75. The van der Waals surface area contributed by atoms with Crippen LogP contribution >= 0.6 is 11.5 Å². The van der Waals surface area contributed by atoms with Crippen molar-refractivity contribution >= 4 is 21.6 Å². The molecule has 0 radical (unpaired) electrons. The number of hydrogen-bond donors (Lipinski definition) is 1. The van der Waals surface area contributed by atoms with Crippen LogP contribution in [0.2, 0.25) is 0 Å². The molecule has 0 aliphatic rings. The minimum absolute atomic E-state index is 0.299. The van der Waals surface area contributed by atoms with Gasteiger partial charge in [-0.05, 0) is 29.7 Å². The molecule has 10 heavy (non-hydrogen) atoms. The van der Waals surface area contributed by atoms with Crippen molar-refractivity contribution in [1.82, 2.24) is 4.37 Å². The number of phenolic OH excluding ortho intramolecular Hbond substituents is 1. The van der Waals surface area contributed by atoms with Crippen LogP contribution in [0.25, 0.3) is 10.1 Å². The molecule has 1 heterocycles. The van der Waals surface area contributed by atoms with Crippen LogP contribution in [0.15, 0.2) is 24.4 Å². The van der Waals surface area contributed by atoms with Gasteiger partial charge in [0.05, 0.1) is 4.70 Å². The largest absolute Gasteiger partial charge is 0.508 e. The number of phenols is 1. The maximum absolute atomic E-state index is 9.03. The fraction of sp³-hybridized carbons (Fsp3) is 0. The Morgan fingerprint density at radius 3 is 3.20 bits per heavy atom.